The maximum Gasteiger partial charge on any atom is 0.332 e. The minimum absolute atomic E-state index is 0.0200. The van der Waals surface area contributed by atoms with Gasteiger partial charge in [0.15, 0.2) is 0 Å². The van der Waals surface area contributed by atoms with Crippen molar-refractivity contribution in [3.63, 3.8) is 0 Å². The van der Waals surface area contributed by atoms with Gasteiger partial charge in [0.2, 0.25) is 0 Å². The van der Waals surface area contributed by atoms with E-state index < -0.39 is 22.5 Å². The van der Waals surface area contributed by atoms with Crippen LogP contribution in [-0.2, 0) is 28.2 Å². The maximum absolute atomic E-state index is 13.3. The number of benzene rings is 1. The predicted molar refractivity (Wildman–Crippen MR) is 124 cm³/mol. The molecule has 3 heterocycles. The number of aromatic nitrogens is 5. The maximum atomic E-state index is 13.3. The van der Waals surface area contributed by atoms with Crippen LogP contribution in [0.4, 0.5) is 5.82 Å². The van der Waals surface area contributed by atoms with Gasteiger partial charge in [-0.3, -0.25) is 27.9 Å². The third kappa shape index (κ3) is 2.72. The van der Waals surface area contributed by atoms with Crippen LogP contribution in [0.2, 0.25) is 0 Å². The lowest BCUT2D eigenvalue weighted by Crippen LogP contribution is -2.39. The number of fused-ring (bicyclic) bond motifs is 1. The molecule has 0 aliphatic heterocycles. The zero-order valence-electron chi connectivity index (χ0n) is 18.7. The van der Waals surface area contributed by atoms with Crippen LogP contribution in [-0.4, -0.2) is 23.3 Å². The number of nitrogens with two attached hydrogens (primary N) is 1. The summed E-state index contributed by atoms with van der Waals surface area (Å²) in [6.45, 7) is 3.88. The van der Waals surface area contributed by atoms with Crippen LogP contribution < -0.4 is 28.2 Å². The first kappa shape index (κ1) is 21.2. The van der Waals surface area contributed by atoms with E-state index in [0.717, 1.165) is 30.4 Å². The summed E-state index contributed by atoms with van der Waals surface area (Å²) in [6.07, 6.45) is 0. The Morgan fingerprint density at radius 1 is 0.781 bits per heavy atom. The van der Waals surface area contributed by atoms with Crippen LogP contribution in [0.15, 0.2) is 37.4 Å². The number of H-pyrrole nitrogens is 1. The van der Waals surface area contributed by atoms with Gasteiger partial charge in [-0.1, -0.05) is 23.8 Å². The summed E-state index contributed by atoms with van der Waals surface area (Å²) in [7, 11) is 5.73. The molecular formula is C22H24N6O4. The summed E-state index contributed by atoms with van der Waals surface area (Å²) in [4.78, 5) is 54.6. The molecule has 4 aromatic rings. The minimum Gasteiger partial charge on any atom is -0.384 e. The van der Waals surface area contributed by atoms with Gasteiger partial charge in [0, 0.05) is 39.3 Å². The Labute approximate surface area is 181 Å². The van der Waals surface area contributed by atoms with Crippen molar-refractivity contribution >= 4 is 16.9 Å². The summed E-state index contributed by atoms with van der Waals surface area (Å²) in [5.74, 6) is -0.0686. The summed E-state index contributed by atoms with van der Waals surface area (Å²) < 4.78 is 4.40. The number of hydrogen-bond acceptors (Lipinski definition) is 5. The number of anilines is 1. The standard InChI is InChI=1S/C22H24N6O4/c1-10-7-8-12(11(2)9-10)16-13(14-17(23)25(3)21(31)27(5)19(14)29)15-18(24-16)26(4)22(32)28(6)20(15)30/h7-9,24H,23H2,1-6H3. The van der Waals surface area contributed by atoms with E-state index in [-0.39, 0.29) is 28.0 Å². The van der Waals surface area contributed by atoms with E-state index in [1.165, 1.54) is 25.7 Å². The molecule has 1 aromatic carbocycles. The van der Waals surface area contributed by atoms with Crippen molar-refractivity contribution in [2.75, 3.05) is 5.73 Å². The van der Waals surface area contributed by atoms with Gasteiger partial charge in [-0.15, -0.1) is 0 Å². The highest BCUT2D eigenvalue weighted by Crippen LogP contribution is 2.38. The Bertz CT molecular complexity index is 1680. The van der Waals surface area contributed by atoms with Crippen LogP contribution in [0.25, 0.3) is 33.4 Å². The molecule has 0 spiro atoms. The lowest BCUT2D eigenvalue weighted by molar-refractivity contribution is 0.696. The SMILES string of the molecule is Cc1ccc(-c2[nH]c3c(c2-c2c(N)n(C)c(=O)n(C)c2=O)c(=O)n(C)c(=O)n3C)c(C)c1. The molecule has 32 heavy (non-hydrogen) atoms. The fraction of sp³-hybridized carbons (Fsp3) is 0.273. The lowest BCUT2D eigenvalue weighted by atomic mass is 9.96. The molecule has 0 fully saturated rings. The van der Waals surface area contributed by atoms with Crippen molar-refractivity contribution in [2.45, 2.75) is 13.8 Å². The van der Waals surface area contributed by atoms with Crippen molar-refractivity contribution in [1.82, 2.24) is 23.3 Å². The molecule has 3 aromatic heterocycles. The van der Waals surface area contributed by atoms with E-state index >= 15 is 0 Å². The Kier molecular flexibility index (Phi) is 4.61. The molecule has 0 radical (unpaired) electrons. The molecular weight excluding hydrogens is 412 g/mol. The molecule has 0 unspecified atom stereocenters. The molecule has 0 bridgehead atoms. The van der Waals surface area contributed by atoms with Gasteiger partial charge in [-0.25, -0.2) is 9.59 Å². The Morgan fingerprint density at radius 2 is 1.38 bits per heavy atom. The minimum atomic E-state index is -0.631. The predicted octanol–water partition coefficient (Wildman–Crippen LogP) is 0.496. The number of nitrogens with zero attached hydrogens (tertiary/aromatic N) is 4. The second-order valence-corrected chi connectivity index (χ2v) is 8.09. The van der Waals surface area contributed by atoms with Gasteiger partial charge >= 0.3 is 11.4 Å². The van der Waals surface area contributed by atoms with Crippen LogP contribution in [0, 0.1) is 13.8 Å². The van der Waals surface area contributed by atoms with Crippen molar-refractivity contribution in [3.8, 4) is 22.4 Å². The number of aryl methyl sites for hydroxylation is 3. The number of aromatic amines is 1. The average Bonchev–Trinajstić information content (AvgIpc) is 3.13. The highest BCUT2D eigenvalue weighted by atomic mass is 16.2. The quantitative estimate of drug-likeness (QED) is 0.473. The van der Waals surface area contributed by atoms with E-state index in [4.69, 9.17) is 5.73 Å². The zero-order valence-corrected chi connectivity index (χ0v) is 18.7. The number of nitrogens with one attached hydrogen (secondary N) is 1. The van der Waals surface area contributed by atoms with Gasteiger partial charge in [0.25, 0.3) is 11.1 Å². The van der Waals surface area contributed by atoms with Crippen LogP contribution in [0.3, 0.4) is 0 Å². The second-order valence-electron chi connectivity index (χ2n) is 8.09. The van der Waals surface area contributed by atoms with Crippen molar-refractivity contribution in [3.05, 3.63) is 71.0 Å². The normalized spacial score (nSPS) is 11.4. The fourth-order valence-electron chi connectivity index (χ4n) is 4.16. The van der Waals surface area contributed by atoms with Crippen molar-refractivity contribution < 1.29 is 0 Å². The molecule has 0 aliphatic carbocycles. The van der Waals surface area contributed by atoms with Gasteiger partial charge in [-0.05, 0) is 19.4 Å². The molecule has 0 saturated heterocycles. The average molecular weight is 436 g/mol. The Hall–Kier alpha value is -4.08. The molecule has 3 N–H and O–H groups in total. The first-order valence-electron chi connectivity index (χ1n) is 9.92. The van der Waals surface area contributed by atoms with E-state index in [1.807, 2.05) is 32.0 Å². The third-order valence-electron chi connectivity index (χ3n) is 6.02. The van der Waals surface area contributed by atoms with Crippen LogP contribution in [0.1, 0.15) is 11.1 Å². The van der Waals surface area contributed by atoms with E-state index in [1.54, 1.807) is 7.05 Å². The number of rotatable bonds is 2. The van der Waals surface area contributed by atoms with Gasteiger partial charge < -0.3 is 10.7 Å². The number of nitrogen functional groups attached to an aromatic ring is 1. The van der Waals surface area contributed by atoms with E-state index in [9.17, 15) is 19.2 Å². The smallest absolute Gasteiger partial charge is 0.332 e. The van der Waals surface area contributed by atoms with Gasteiger partial charge in [0.1, 0.15) is 11.5 Å². The largest absolute Gasteiger partial charge is 0.384 e. The van der Waals surface area contributed by atoms with E-state index in [2.05, 4.69) is 4.98 Å². The second kappa shape index (κ2) is 6.98. The van der Waals surface area contributed by atoms with Crippen molar-refractivity contribution in [1.29, 1.82) is 0 Å². The highest BCUT2D eigenvalue weighted by molar-refractivity contribution is 6.04. The fourth-order valence-corrected chi connectivity index (χ4v) is 4.16. The first-order chi connectivity index (χ1) is 15.0. The summed E-state index contributed by atoms with van der Waals surface area (Å²) >= 11 is 0. The molecule has 0 amide bonds. The Morgan fingerprint density at radius 3 is 2.00 bits per heavy atom. The molecule has 0 atom stereocenters. The number of hydrogen-bond donors (Lipinski definition) is 2. The highest BCUT2D eigenvalue weighted by Gasteiger charge is 2.27. The van der Waals surface area contributed by atoms with Crippen LogP contribution in [0.5, 0.6) is 0 Å². The van der Waals surface area contributed by atoms with Gasteiger partial charge in [-0.2, -0.15) is 0 Å². The zero-order chi connectivity index (χ0) is 23.6. The summed E-state index contributed by atoms with van der Waals surface area (Å²) in [6, 6.07) is 5.77. The third-order valence-corrected chi connectivity index (χ3v) is 6.02. The summed E-state index contributed by atoms with van der Waals surface area (Å²) in [5, 5.41) is 0.145. The molecule has 10 heteroatoms. The topological polar surface area (TPSA) is 130 Å². The molecule has 4 rings (SSSR count). The van der Waals surface area contributed by atoms with E-state index in [0.29, 0.717) is 5.69 Å². The molecule has 0 saturated carbocycles. The first-order valence-corrected chi connectivity index (χ1v) is 9.92. The summed E-state index contributed by atoms with van der Waals surface area (Å²) in [5.41, 5.74) is 7.67. The molecule has 0 aliphatic rings. The van der Waals surface area contributed by atoms with Gasteiger partial charge in [0.05, 0.1) is 16.6 Å². The molecule has 166 valence electrons. The van der Waals surface area contributed by atoms with Crippen LogP contribution >= 0.6 is 0 Å². The lowest BCUT2D eigenvalue weighted by Gasteiger charge is -2.14. The van der Waals surface area contributed by atoms with Crippen molar-refractivity contribution in [2.24, 2.45) is 28.2 Å². The monoisotopic (exact) mass is 436 g/mol. The Balaban J connectivity index is 2.36. The molecule has 10 nitrogen and oxygen atoms in total.